The Morgan fingerprint density at radius 2 is 1.91 bits per heavy atom. The number of anilines is 2. The summed E-state index contributed by atoms with van der Waals surface area (Å²) in [6, 6.07) is 11.5. The average molecular weight is 487 g/mol. The zero-order chi connectivity index (χ0) is 24.5. The van der Waals surface area contributed by atoms with Crippen molar-refractivity contribution in [1.29, 1.82) is 0 Å². The standard InChI is InChI=1S/C26H26N6O2S/c1-5-34-22(33)13-21-25-31-30-17(4)32(25)26-23(15(2)16(3)35-26)24(29-21)18-8-10-19(11-9-18)28-20-7-6-12-27-14-20/h6-12,14,21,28H,5,13H2,1-4H3/t21-/m0/s1. The zero-order valence-corrected chi connectivity index (χ0v) is 20.9. The Bertz CT molecular complexity index is 1410. The maximum absolute atomic E-state index is 12.5. The number of aromatic nitrogens is 4. The van der Waals surface area contributed by atoms with E-state index in [4.69, 9.17) is 9.73 Å². The molecule has 0 saturated heterocycles. The van der Waals surface area contributed by atoms with Gasteiger partial charge in [-0.05, 0) is 57.5 Å². The number of esters is 1. The molecule has 0 saturated carbocycles. The van der Waals surface area contributed by atoms with E-state index in [2.05, 4.69) is 34.3 Å². The topological polar surface area (TPSA) is 94.3 Å². The molecule has 1 aliphatic rings. The van der Waals surface area contributed by atoms with E-state index >= 15 is 0 Å². The molecule has 1 atom stereocenters. The number of ether oxygens (including phenoxy) is 1. The molecule has 8 nitrogen and oxygen atoms in total. The van der Waals surface area contributed by atoms with Crippen LogP contribution < -0.4 is 5.32 Å². The van der Waals surface area contributed by atoms with Crippen molar-refractivity contribution in [2.24, 2.45) is 4.99 Å². The quantitative estimate of drug-likeness (QED) is 0.375. The number of carbonyl (C=O) groups excluding carboxylic acids is 1. The summed E-state index contributed by atoms with van der Waals surface area (Å²) in [6.45, 7) is 8.28. The van der Waals surface area contributed by atoms with Crippen molar-refractivity contribution in [1.82, 2.24) is 19.7 Å². The highest BCUT2D eigenvalue weighted by atomic mass is 32.1. The second-order valence-electron chi connectivity index (χ2n) is 8.35. The Morgan fingerprint density at radius 1 is 1.11 bits per heavy atom. The van der Waals surface area contributed by atoms with Gasteiger partial charge in [0.05, 0.1) is 30.6 Å². The molecule has 1 N–H and O–H groups in total. The second-order valence-corrected chi connectivity index (χ2v) is 9.55. The van der Waals surface area contributed by atoms with Crippen molar-refractivity contribution in [2.75, 3.05) is 11.9 Å². The number of carbonyl (C=O) groups is 1. The van der Waals surface area contributed by atoms with Gasteiger partial charge in [0.15, 0.2) is 5.82 Å². The van der Waals surface area contributed by atoms with Crippen LogP contribution in [0, 0.1) is 20.8 Å². The molecule has 0 bridgehead atoms. The van der Waals surface area contributed by atoms with Crippen LogP contribution in [0.15, 0.2) is 53.8 Å². The highest BCUT2D eigenvalue weighted by molar-refractivity contribution is 7.15. The zero-order valence-electron chi connectivity index (χ0n) is 20.1. The third kappa shape index (κ3) is 4.35. The molecular formula is C26H26N6O2S. The third-order valence-corrected chi connectivity index (χ3v) is 7.21. The summed E-state index contributed by atoms with van der Waals surface area (Å²) < 4.78 is 7.29. The number of aliphatic imine (C=N–C) groups is 1. The summed E-state index contributed by atoms with van der Waals surface area (Å²) in [5, 5.41) is 13.1. The lowest BCUT2D eigenvalue weighted by Gasteiger charge is -2.13. The average Bonchev–Trinajstić information content (AvgIpc) is 3.33. The molecule has 9 heteroatoms. The molecule has 0 spiro atoms. The van der Waals surface area contributed by atoms with Crippen LogP contribution in [0.3, 0.4) is 0 Å². The number of aryl methyl sites for hydroxylation is 2. The Morgan fingerprint density at radius 3 is 2.63 bits per heavy atom. The van der Waals surface area contributed by atoms with Crippen LogP contribution in [0.4, 0.5) is 11.4 Å². The minimum atomic E-state index is -0.502. The van der Waals surface area contributed by atoms with E-state index < -0.39 is 6.04 Å². The van der Waals surface area contributed by atoms with Crippen molar-refractivity contribution in [3.8, 4) is 5.00 Å². The van der Waals surface area contributed by atoms with Crippen LogP contribution in [0.2, 0.25) is 0 Å². The van der Waals surface area contributed by atoms with Crippen molar-refractivity contribution in [3.05, 3.63) is 82.0 Å². The normalized spacial score (nSPS) is 14.5. The molecule has 1 aliphatic heterocycles. The SMILES string of the molecule is CCOC(=O)C[C@@H]1N=C(c2ccc(Nc3cccnc3)cc2)c2c(sc(C)c2C)-n2c(C)nnc21. The summed E-state index contributed by atoms with van der Waals surface area (Å²) in [5.41, 5.74) is 5.89. The summed E-state index contributed by atoms with van der Waals surface area (Å²) in [5.74, 6) is 1.12. The van der Waals surface area contributed by atoms with Crippen molar-refractivity contribution < 1.29 is 9.53 Å². The fraction of sp³-hybridized carbons (Fsp3) is 0.269. The van der Waals surface area contributed by atoms with Crippen molar-refractivity contribution in [2.45, 2.75) is 40.2 Å². The Hall–Kier alpha value is -3.85. The first-order valence-electron chi connectivity index (χ1n) is 11.5. The first-order valence-corrected chi connectivity index (χ1v) is 12.3. The molecule has 0 unspecified atom stereocenters. The molecule has 0 radical (unpaired) electrons. The predicted octanol–water partition coefficient (Wildman–Crippen LogP) is 5.24. The van der Waals surface area contributed by atoms with Crippen LogP contribution in [0.1, 0.15) is 52.6 Å². The van der Waals surface area contributed by atoms with Gasteiger partial charge >= 0.3 is 5.97 Å². The van der Waals surface area contributed by atoms with Crippen molar-refractivity contribution in [3.63, 3.8) is 0 Å². The fourth-order valence-corrected chi connectivity index (χ4v) is 5.43. The van der Waals surface area contributed by atoms with Gasteiger partial charge < -0.3 is 10.1 Å². The van der Waals surface area contributed by atoms with Gasteiger partial charge in [-0.1, -0.05) is 12.1 Å². The molecule has 0 aliphatic carbocycles. The molecule has 4 aromatic rings. The van der Waals surface area contributed by atoms with Gasteiger partial charge in [-0.2, -0.15) is 0 Å². The number of thiophene rings is 1. The van der Waals surface area contributed by atoms with Gasteiger partial charge in [0.2, 0.25) is 0 Å². The van der Waals surface area contributed by atoms with Crippen LogP contribution in [0.25, 0.3) is 5.00 Å². The number of hydrogen-bond acceptors (Lipinski definition) is 8. The minimum absolute atomic E-state index is 0.100. The lowest BCUT2D eigenvalue weighted by Crippen LogP contribution is -2.13. The van der Waals surface area contributed by atoms with Gasteiger partial charge in [0.1, 0.15) is 16.9 Å². The molecule has 0 fully saturated rings. The first kappa shape index (κ1) is 22.9. The van der Waals surface area contributed by atoms with E-state index in [1.54, 1.807) is 30.7 Å². The molecule has 35 heavy (non-hydrogen) atoms. The van der Waals surface area contributed by atoms with Gasteiger partial charge in [-0.15, -0.1) is 21.5 Å². The Kier molecular flexibility index (Phi) is 6.17. The lowest BCUT2D eigenvalue weighted by atomic mass is 9.99. The summed E-state index contributed by atoms with van der Waals surface area (Å²) in [4.78, 5) is 23.0. The Labute approximate surface area is 207 Å². The highest BCUT2D eigenvalue weighted by Gasteiger charge is 2.32. The number of rotatable bonds is 6. The summed E-state index contributed by atoms with van der Waals surface area (Å²) in [6.07, 6.45) is 3.63. The number of nitrogens with one attached hydrogen (secondary N) is 1. The van der Waals surface area contributed by atoms with E-state index in [0.29, 0.717) is 12.4 Å². The molecule has 5 rings (SSSR count). The summed E-state index contributed by atoms with van der Waals surface area (Å²) >= 11 is 1.69. The number of benzene rings is 1. The predicted molar refractivity (Wildman–Crippen MR) is 137 cm³/mol. The number of pyridine rings is 1. The van der Waals surface area contributed by atoms with Crippen LogP contribution >= 0.6 is 11.3 Å². The number of fused-ring (bicyclic) bond motifs is 3. The van der Waals surface area contributed by atoms with E-state index in [9.17, 15) is 4.79 Å². The molecular weight excluding hydrogens is 460 g/mol. The fourth-order valence-electron chi connectivity index (χ4n) is 4.22. The maximum Gasteiger partial charge on any atom is 0.308 e. The van der Waals surface area contributed by atoms with Gasteiger partial charge in [-0.3, -0.25) is 19.3 Å². The lowest BCUT2D eigenvalue weighted by molar-refractivity contribution is -0.143. The largest absolute Gasteiger partial charge is 0.466 e. The Balaban J connectivity index is 1.60. The maximum atomic E-state index is 12.5. The van der Waals surface area contributed by atoms with E-state index in [0.717, 1.165) is 44.6 Å². The third-order valence-electron chi connectivity index (χ3n) is 6.01. The number of hydrogen-bond donors (Lipinski definition) is 1. The molecule has 3 aromatic heterocycles. The molecule has 0 amide bonds. The highest BCUT2D eigenvalue weighted by Crippen LogP contribution is 2.39. The van der Waals surface area contributed by atoms with E-state index in [1.165, 1.54) is 4.88 Å². The summed E-state index contributed by atoms with van der Waals surface area (Å²) in [7, 11) is 0. The van der Waals surface area contributed by atoms with E-state index in [-0.39, 0.29) is 12.4 Å². The van der Waals surface area contributed by atoms with Crippen LogP contribution in [0.5, 0.6) is 0 Å². The first-order chi connectivity index (χ1) is 17.0. The molecule has 4 heterocycles. The van der Waals surface area contributed by atoms with Gasteiger partial charge in [0.25, 0.3) is 0 Å². The van der Waals surface area contributed by atoms with E-state index in [1.807, 2.05) is 47.9 Å². The molecule has 1 aromatic carbocycles. The minimum Gasteiger partial charge on any atom is -0.466 e. The van der Waals surface area contributed by atoms with Gasteiger partial charge in [-0.25, -0.2) is 0 Å². The van der Waals surface area contributed by atoms with Crippen molar-refractivity contribution >= 4 is 34.4 Å². The number of nitrogens with zero attached hydrogens (tertiary/aromatic N) is 5. The van der Waals surface area contributed by atoms with Gasteiger partial charge in [0, 0.05) is 27.9 Å². The monoisotopic (exact) mass is 486 g/mol. The molecule has 178 valence electrons. The van der Waals surface area contributed by atoms with Crippen LogP contribution in [-0.4, -0.2) is 38.0 Å². The smallest absolute Gasteiger partial charge is 0.308 e. The second kappa shape index (κ2) is 9.42. The van der Waals surface area contributed by atoms with Crippen LogP contribution in [-0.2, 0) is 9.53 Å².